The number of aromatic carboxylic acids is 1. The number of carbonyl (C=O) groups excluding carboxylic acids is 1. The number of nitrogens with zero attached hydrogens (tertiary/aromatic N) is 1. The molecule has 0 radical (unpaired) electrons. The van der Waals surface area contributed by atoms with Crippen molar-refractivity contribution < 1.29 is 19.1 Å². The maximum atomic E-state index is 12.0. The third kappa shape index (κ3) is 4.75. The third-order valence-electron chi connectivity index (χ3n) is 3.57. The summed E-state index contributed by atoms with van der Waals surface area (Å²) in [5.41, 5.74) is 3.48. The lowest BCUT2D eigenvalue weighted by molar-refractivity contribution is 0.0697. The molecule has 136 valence electrons. The largest absolute Gasteiger partial charge is 0.478 e. The Morgan fingerprint density at radius 1 is 1.11 bits per heavy atom. The predicted octanol–water partition coefficient (Wildman–Crippen LogP) is 4.67. The van der Waals surface area contributed by atoms with Crippen molar-refractivity contribution in [2.24, 2.45) is 5.10 Å². The van der Waals surface area contributed by atoms with E-state index in [1.165, 1.54) is 18.3 Å². The molecule has 27 heavy (non-hydrogen) atoms. The number of benzene rings is 2. The normalized spacial score (nSPS) is 10.9. The molecule has 0 fully saturated rings. The summed E-state index contributed by atoms with van der Waals surface area (Å²) in [6, 6.07) is 15.0. The van der Waals surface area contributed by atoms with E-state index in [2.05, 4.69) is 33.1 Å². The van der Waals surface area contributed by atoms with Crippen LogP contribution in [0.2, 0.25) is 5.02 Å². The quantitative estimate of drug-likeness (QED) is 0.306. The fourth-order valence-corrected chi connectivity index (χ4v) is 2.80. The molecule has 1 amide bonds. The molecule has 0 saturated carbocycles. The van der Waals surface area contributed by atoms with Gasteiger partial charge in [0.05, 0.1) is 16.8 Å². The van der Waals surface area contributed by atoms with Crippen molar-refractivity contribution >= 4 is 52.3 Å². The molecule has 3 aromatic rings. The van der Waals surface area contributed by atoms with E-state index in [0.29, 0.717) is 22.6 Å². The zero-order valence-corrected chi connectivity index (χ0v) is 16.6. The smallest absolute Gasteiger partial charge is 0.337 e. The molecular formula is C19H12ClIN2O4. The van der Waals surface area contributed by atoms with Gasteiger partial charge in [-0.15, -0.1) is 0 Å². The SMILES string of the molecule is O=C(N/N=C\c1ccc(-c2ccc(Cl)c(C(=O)O)c2)o1)c1ccc(I)cc1. The maximum Gasteiger partial charge on any atom is 0.337 e. The Morgan fingerprint density at radius 2 is 1.85 bits per heavy atom. The Bertz CT molecular complexity index is 1030. The molecule has 0 unspecified atom stereocenters. The second-order valence-corrected chi connectivity index (χ2v) is 7.06. The van der Waals surface area contributed by atoms with Crippen LogP contribution >= 0.6 is 34.2 Å². The van der Waals surface area contributed by atoms with Crippen LogP contribution in [0.15, 0.2) is 64.1 Å². The van der Waals surface area contributed by atoms with E-state index in [1.54, 1.807) is 30.3 Å². The summed E-state index contributed by atoms with van der Waals surface area (Å²) < 4.78 is 6.64. The Kier molecular flexibility index (Phi) is 5.92. The lowest BCUT2D eigenvalue weighted by Crippen LogP contribution is -2.17. The van der Waals surface area contributed by atoms with Crippen LogP contribution < -0.4 is 5.43 Å². The van der Waals surface area contributed by atoms with Crippen LogP contribution in [0.3, 0.4) is 0 Å². The molecule has 0 aliphatic rings. The van der Waals surface area contributed by atoms with Crippen molar-refractivity contribution in [2.75, 3.05) is 0 Å². The van der Waals surface area contributed by atoms with Crippen LogP contribution in [-0.2, 0) is 0 Å². The molecular weight excluding hydrogens is 483 g/mol. The summed E-state index contributed by atoms with van der Waals surface area (Å²) in [4.78, 5) is 23.2. The highest BCUT2D eigenvalue weighted by molar-refractivity contribution is 14.1. The standard InChI is InChI=1S/C19H12ClIN2O4/c20-16-7-3-12(9-15(16)19(25)26)17-8-6-14(27-17)10-22-23-18(24)11-1-4-13(21)5-2-11/h1-10H,(H,23,24)(H,25,26)/b22-10-. The number of hydrogen-bond donors (Lipinski definition) is 2. The number of carboxylic acids is 1. The van der Waals surface area contributed by atoms with Crippen molar-refractivity contribution in [3.8, 4) is 11.3 Å². The van der Waals surface area contributed by atoms with Crippen LogP contribution in [0.5, 0.6) is 0 Å². The van der Waals surface area contributed by atoms with Crippen molar-refractivity contribution in [2.45, 2.75) is 0 Å². The number of hydrogen-bond acceptors (Lipinski definition) is 4. The summed E-state index contributed by atoms with van der Waals surface area (Å²) in [5, 5.41) is 13.2. The number of hydrazone groups is 1. The minimum absolute atomic E-state index is 0.00873. The highest BCUT2D eigenvalue weighted by Gasteiger charge is 2.12. The molecule has 6 nitrogen and oxygen atoms in total. The van der Waals surface area contributed by atoms with Crippen LogP contribution in [-0.4, -0.2) is 23.2 Å². The molecule has 1 heterocycles. The van der Waals surface area contributed by atoms with Crippen LogP contribution in [0, 0.1) is 3.57 Å². The Morgan fingerprint density at radius 3 is 2.56 bits per heavy atom. The molecule has 0 spiro atoms. The lowest BCUT2D eigenvalue weighted by Gasteiger charge is -2.02. The maximum absolute atomic E-state index is 12.0. The molecule has 1 aromatic heterocycles. The van der Waals surface area contributed by atoms with E-state index < -0.39 is 5.97 Å². The van der Waals surface area contributed by atoms with E-state index in [4.69, 9.17) is 21.1 Å². The number of amides is 1. The molecule has 3 rings (SSSR count). The van der Waals surface area contributed by atoms with Gasteiger partial charge in [0, 0.05) is 14.7 Å². The number of halogens is 2. The number of furan rings is 1. The van der Waals surface area contributed by atoms with E-state index in [9.17, 15) is 9.59 Å². The van der Waals surface area contributed by atoms with E-state index in [-0.39, 0.29) is 16.5 Å². The zero-order valence-electron chi connectivity index (χ0n) is 13.6. The van der Waals surface area contributed by atoms with Crippen LogP contribution in [0.1, 0.15) is 26.5 Å². The summed E-state index contributed by atoms with van der Waals surface area (Å²) in [5.74, 6) is -0.592. The van der Waals surface area contributed by atoms with Gasteiger partial charge >= 0.3 is 5.97 Å². The zero-order chi connectivity index (χ0) is 19.4. The van der Waals surface area contributed by atoms with E-state index in [0.717, 1.165) is 3.57 Å². The second-order valence-electron chi connectivity index (χ2n) is 5.41. The van der Waals surface area contributed by atoms with Gasteiger partial charge < -0.3 is 9.52 Å². The number of carbonyl (C=O) groups is 2. The van der Waals surface area contributed by atoms with Crippen molar-refractivity contribution in [1.82, 2.24) is 5.43 Å². The fourth-order valence-electron chi connectivity index (χ4n) is 2.24. The van der Waals surface area contributed by atoms with Crippen molar-refractivity contribution in [3.63, 3.8) is 0 Å². The van der Waals surface area contributed by atoms with Gasteiger partial charge in [-0.1, -0.05) is 11.6 Å². The Hall–Kier alpha value is -2.65. The predicted molar refractivity (Wildman–Crippen MR) is 110 cm³/mol. The van der Waals surface area contributed by atoms with Gasteiger partial charge in [-0.05, 0) is 77.2 Å². The monoisotopic (exact) mass is 494 g/mol. The molecule has 2 aromatic carbocycles. The topological polar surface area (TPSA) is 91.9 Å². The molecule has 0 aliphatic heterocycles. The first kappa shape index (κ1) is 19.1. The molecule has 8 heteroatoms. The summed E-state index contributed by atoms with van der Waals surface area (Å²) >= 11 is 8.02. The highest BCUT2D eigenvalue weighted by atomic mass is 127. The third-order valence-corrected chi connectivity index (χ3v) is 4.62. The summed E-state index contributed by atoms with van der Waals surface area (Å²) in [7, 11) is 0. The van der Waals surface area contributed by atoms with Crippen molar-refractivity contribution in [1.29, 1.82) is 0 Å². The van der Waals surface area contributed by atoms with Crippen LogP contribution in [0.4, 0.5) is 0 Å². The average molecular weight is 495 g/mol. The molecule has 0 aliphatic carbocycles. The summed E-state index contributed by atoms with van der Waals surface area (Å²) in [6.45, 7) is 0. The van der Waals surface area contributed by atoms with Crippen molar-refractivity contribution in [3.05, 3.63) is 80.1 Å². The second kappa shape index (κ2) is 8.36. The Balaban J connectivity index is 1.70. The average Bonchev–Trinajstić information content (AvgIpc) is 3.11. The number of rotatable bonds is 5. The number of carboxylic acid groups (broad SMARTS) is 1. The first-order chi connectivity index (χ1) is 12.9. The van der Waals surface area contributed by atoms with Gasteiger partial charge in [0.25, 0.3) is 5.91 Å². The molecule has 0 atom stereocenters. The minimum atomic E-state index is -1.12. The van der Waals surface area contributed by atoms with E-state index in [1.807, 2.05) is 12.1 Å². The fraction of sp³-hybridized carbons (Fsp3) is 0. The van der Waals surface area contributed by atoms with Gasteiger partial charge in [-0.3, -0.25) is 4.79 Å². The van der Waals surface area contributed by atoms with Gasteiger partial charge in [0.1, 0.15) is 11.5 Å². The minimum Gasteiger partial charge on any atom is -0.478 e. The first-order valence-electron chi connectivity index (χ1n) is 7.66. The van der Waals surface area contributed by atoms with E-state index >= 15 is 0 Å². The number of nitrogens with one attached hydrogen (secondary N) is 1. The van der Waals surface area contributed by atoms with Crippen LogP contribution in [0.25, 0.3) is 11.3 Å². The Labute approximate surface area is 173 Å². The van der Waals surface area contributed by atoms with Gasteiger partial charge in [-0.25, -0.2) is 10.2 Å². The van der Waals surface area contributed by atoms with Gasteiger partial charge in [0.15, 0.2) is 0 Å². The molecule has 0 saturated heterocycles. The first-order valence-corrected chi connectivity index (χ1v) is 9.12. The van der Waals surface area contributed by atoms with Gasteiger partial charge in [0.2, 0.25) is 0 Å². The molecule has 2 N–H and O–H groups in total. The lowest BCUT2D eigenvalue weighted by atomic mass is 10.1. The highest BCUT2D eigenvalue weighted by Crippen LogP contribution is 2.26. The summed E-state index contributed by atoms with van der Waals surface area (Å²) in [6.07, 6.45) is 1.36. The van der Waals surface area contributed by atoms with Gasteiger partial charge in [-0.2, -0.15) is 5.10 Å². The molecule has 0 bridgehead atoms.